The Bertz CT molecular complexity index is 5190. The van der Waals surface area contributed by atoms with Gasteiger partial charge in [-0.2, -0.15) is 0 Å². The van der Waals surface area contributed by atoms with Crippen LogP contribution in [0.2, 0.25) is 0 Å². The number of ether oxygens (including phenoxy) is 7. The van der Waals surface area contributed by atoms with Crippen molar-refractivity contribution in [3.8, 4) is 80.1 Å². The first-order chi connectivity index (χ1) is 58.2. The minimum absolute atomic E-state index is 0.0174. The van der Waals surface area contributed by atoms with Crippen LogP contribution in [0.1, 0.15) is 140 Å². The summed E-state index contributed by atoms with van der Waals surface area (Å²) < 4.78 is 44.6. The summed E-state index contributed by atoms with van der Waals surface area (Å²) >= 11 is 0. The van der Waals surface area contributed by atoms with Crippen molar-refractivity contribution in [2.24, 2.45) is 23.1 Å². The quantitative estimate of drug-likeness (QED) is 0.0332. The predicted octanol–water partition coefficient (Wildman–Crippen LogP) is 1.94. The van der Waals surface area contributed by atoms with Crippen molar-refractivity contribution in [1.29, 1.82) is 0 Å². The van der Waals surface area contributed by atoms with E-state index in [4.69, 9.17) is 61.8 Å². The van der Waals surface area contributed by atoms with Gasteiger partial charge < -0.3 is 155 Å². The third-order valence-electron chi connectivity index (χ3n) is 22.1. The molecule has 2 saturated heterocycles. The van der Waals surface area contributed by atoms with Crippen LogP contribution in [0, 0.1) is 5.92 Å². The molecule has 8 aliphatic rings. The lowest BCUT2D eigenvalue weighted by Gasteiger charge is -2.42. The van der Waals surface area contributed by atoms with E-state index >= 15 is 24.0 Å². The van der Waals surface area contributed by atoms with Gasteiger partial charge in [0.2, 0.25) is 59.7 Å². The van der Waals surface area contributed by atoms with E-state index < -0.39 is 249 Å². The number of hydrogen-bond donors (Lipinski definition) is 23. The Hall–Kier alpha value is -12.8. The largest absolute Gasteiger partial charge is 0.508 e. The molecular weight excluding hydrogens is 1590 g/mol. The molecule has 39 nitrogen and oxygen atoms in total. The number of carboxylic acid groups (broad SMARTS) is 2. The summed E-state index contributed by atoms with van der Waals surface area (Å²) in [5, 5.41) is 137. The van der Waals surface area contributed by atoms with Gasteiger partial charge >= 0.3 is 11.9 Å². The molecule has 17 bridgehead atoms. The number of phenols is 4. The van der Waals surface area contributed by atoms with Gasteiger partial charge in [0, 0.05) is 59.5 Å². The van der Waals surface area contributed by atoms with Gasteiger partial charge in [-0.15, -0.1) is 0 Å². The molecule has 15 rings (SSSR count). The molecule has 648 valence electrons. The van der Waals surface area contributed by atoms with E-state index in [2.05, 4.69) is 56.4 Å². The number of benzene rings is 7. The van der Waals surface area contributed by atoms with E-state index in [1.807, 2.05) is 0 Å². The smallest absolute Gasteiger partial charge is 0.335 e. The highest BCUT2D eigenvalue weighted by molar-refractivity contribution is 6.00. The molecule has 0 saturated carbocycles. The minimum atomic E-state index is -2.46. The zero-order chi connectivity index (χ0) is 87.6. The second-order valence-electron chi connectivity index (χ2n) is 31.0. The molecular formula is C83H95N13O26. The maximum absolute atomic E-state index is 16.7. The Morgan fingerprint density at radius 2 is 1.19 bits per heavy atom. The van der Waals surface area contributed by atoms with Crippen molar-refractivity contribution >= 4 is 64.7 Å². The number of unbranched alkanes of at least 4 members (excludes halogenated alkanes) is 5. The maximum Gasteiger partial charge on any atom is 0.335 e. The number of aliphatic hydroxyl groups excluding tert-OH is 4. The van der Waals surface area contributed by atoms with Gasteiger partial charge in [0.25, 0.3) is 0 Å². The Morgan fingerprint density at radius 3 is 1.88 bits per heavy atom. The van der Waals surface area contributed by atoms with Crippen LogP contribution in [-0.4, -0.2) is 191 Å². The number of aliphatic carboxylic acids is 2. The number of fused-ring (bicyclic) bond motifs is 14. The van der Waals surface area contributed by atoms with Crippen LogP contribution in [0.3, 0.4) is 0 Å². The number of aromatic hydroxyl groups is 4. The Balaban J connectivity index is 1.04. The van der Waals surface area contributed by atoms with Crippen LogP contribution in [0.15, 0.2) is 115 Å². The summed E-state index contributed by atoms with van der Waals surface area (Å²) in [6, 6.07) is 2.63. The van der Waals surface area contributed by atoms with Crippen LogP contribution < -0.4 is 94.9 Å². The molecule has 0 aromatic heterocycles. The van der Waals surface area contributed by atoms with Crippen LogP contribution in [0.25, 0.3) is 11.1 Å². The molecule has 28 N–H and O–H groups in total. The summed E-state index contributed by atoms with van der Waals surface area (Å²) in [5.41, 5.74) is 29.1. The summed E-state index contributed by atoms with van der Waals surface area (Å²) in [5.74, 6) is -19.2. The molecule has 7 aromatic carbocycles. The number of nitrogens with two attached hydrogens (primary N) is 5. The predicted molar refractivity (Wildman–Crippen MR) is 428 cm³/mol. The number of phenolic OH excluding ortho intramolecular Hbond substituents is 4. The van der Waals surface area contributed by atoms with Gasteiger partial charge in [-0.05, 0) is 120 Å². The normalized spacial score (nSPS) is 26.5. The lowest BCUT2D eigenvalue weighted by molar-refractivity contribution is -0.239. The SMILES string of the molecule is CN[C@H]1C(=O)NC2Cc3ccc(cc3)Oc3cc4cc(c3O[C@@H]3O[C@H](C(=O)O)C(O)[C@H](N)C3NC(=O)CCCCCCCCC(C)C)Oc3ccc(cc3O)[C@@H](O)[C@@H]3NC(=O)[C@H](NC(=O)C4NC(=O)[C@H](NC2=O)c2cc(cc(O)c2O)Oc2cc1ccc2N)c1ccc(N)c(c1)-c1c(OC2O[C@H](CN)C(N)[C@H](O)[C@@H]2O)cc(O)cc1C(C(=O)O)NC3=O. The van der Waals surface area contributed by atoms with Crippen LogP contribution >= 0.6 is 0 Å². The van der Waals surface area contributed by atoms with Crippen molar-refractivity contribution in [1.82, 2.24) is 42.5 Å². The third kappa shape index (κ3) is 18.6. The molecule has 7 unspecified atom stereocenters. The number of carbonyl (C=O) groups excluding carboxylic acids is 7. The summed E-state index contributed by atoms with van der Waals surface area (Å²) in [7, 11) is 1.45. The fraction of sp³-hybridized carbons (Fsp3) is 0.386. The summed E-state index contributed by atoms with van der Waals surface area (Å²) in [6.07, 6.45) is -10.4. The fourth-order valence-electron chi connectivity index (χ4n) is 15.4. The van der Waals surface area contributed by atoms with Crippen LogP contribution in [-0.2, 0) is 59.0 Å². The highest BCUT2D eigenvalue weighted by Crippen LogP contribution is 2.50. The molecule has 0 aliphatic carbocycles. The van der Waals surface area contributed by atoms with Crippen LogP contribution in [0.5, 0.6) is 69.0 Å². The van der Waals surface area contributed by atoms with Crippen molar-refractivity contribution in [3.05, 3.63) is 154 Å². The van der Waals surface area contributed by atoms with Crippen molar-refractivity contribution < 1.29 is 127 Å². The van der Waals surface area contributed by atoms with Gasteiger partial charge in [0.1, 0.15) is 89.7 Å². The highest BCUT2D eigenvalue weighted by Gasteiger charge is 2.51. The molecule has 7 amide bonds. The topological polar surface area (TPSA) is 647 Å². The average molecular weight is 1690 g/mol. The Kier molecular flexibility index (Phi) is 26.1. The van der Waals surface area contributed by atoms with Crippen molar-refractivity contribution in [2.75, 3.05) is 25.1 Å². The monoisotopic (exact) mass is 1690 g/mol. The molecule has 8 aliphatic heterocycles. The molecule has 0 spiro atoms. The minimum Gasteiger partial charge on any atom is -0.508 e. The van der Waals surface area contributed by atoms with Gasteiger partial charge in [-0.25, -0.2) is 9.59 Å². The van der Waals surface area contributed by atoms with Gasteiger partial charge in [0.05, 0.1) is 23.9 Å². The third-order valence-corrected chi connectivity index (χ3v) is 22.1. The number of likely N-dealkylation sites (N-methyl/N-ethyl adjacent to an activating group) is 1. The van der Waals surface area contributed by atoms with E-state index in [9.17, 15) is 70.2 Å². The van der Waals surface area contributed by atoms with E-state index in [0.717, 1.165) is 98.8 Å². The molecule has 39 heteroatoms. The number of nitrogens with one attached hydrogen (secondary N) is 8. The number of carboxylic acids is 2. The zero-order valence-corrected chi connectivity index (χ0v) is 65.9. The number of amides is 7. The molecule has 122 heavy (non-hydrogen) atoms. The molecule has 0 radical (unpaired) electrons. The lowest BCUT2D eigenvalue weighted by atomic mass is 9.89. The fourth-order valence-corrected chi connectivity index (χ4v) is 15.4. The average Bonchev–Trinajstić information content (AvgIpc) is 0.760. The van der Waals surface area contributed by atoms with E-state index in [1.54, 1.807) is 0 Å². The number of hydrogen-bond acceptors (Lipinski definition) is 30. The lowest BCUT2D eigenvalue weighted by Crippen LogP contribution is -2.69. The van der Waals surface area contributed by atoms with Crippen molar-refractivity contribution in [2.45, 2.75) is 181 Å². The summed E-state index contributed by atoms with van der Waals surface area (Å²) in [6.45, 7) is 3.92. The molecule has 7 aromatic rings. The molecule has 18 atom stereocenters. The number of aliphatic hydroxyl groups is 4. The van der Waals surface area contributed by atoms with Gasteiger partial charge in [-0.1, -0.05) is 82.7 Å². The Labute approximate surface area is 695 Å². The number of nitrogen functional groups attached to an aromatic ring is 2. The molecule has 2 fully saturated rings. The van der Waals surface area contributed by atoms with Gasteiger partial charge in [0.15, 0.2) is 52.4 Å². The standard InChI is InChI=1S/C83H95N13O26/c1-33(2)10-8-6-4-5-7-9-11-56(100)91-65-59(88)70(104)73(81(114)115)122-82(65)121-72-53-26-38-27-54(72)118-50-21-16-37(24-48(50)98)67(101)66-79(111)95-64(80(112)113)43-28-39(97)29-52(119-83-71(105)69(103)58(87)55(32-84)120-83)57(43)42-23-35(14-19-45(42)85)61(76(108)96-66)92-77(109)62(38)93-78(110)63-44-30-41(31-49(99)68(44)102)117-51-25-36(15-20-46(51)86)60(89-3)75(107)90-47(74(106)94-63)22-34-12-17-40(116-53)18-13-34/h12-21,23-31,33,47,55,58-67,69-71,73,82-83,89,97-99,101-105H,4-11,22,32,84-88H2,1-3H3,(H,90,107)(H,91,100)(H,92,109)(H,93,110)(H,94,106)(H,95,111)(H,96,108)(H,112,113)(H,114,115)/t47?,55-,58?,59-,60-,61-,62?,63-,64?,65?,66+,67-,69+,70?,71+,73+,82-,83?/m1/s1. The number of carbonyl (C=O) groups is 9. The maximum atomic E-state index is 16.7. The van der Waals surface area contributed by atoms with Crippen LogP contribution in [0.4, 0.5) is 11.4 Å². The Morgan fingerprint density at radius 1 is 0.549 bits per heavy atom. The van der Waals surface area contributed by atoms with Crippen molar-refractivity contribution in [3.63, 3.8) is 0 Å². The highest BCUT2D eigenvalue weighted by atomic mass is 16.7. The number of anilines is 2. The zero-order valence-electron chi connectivity index (χ0n) is 65.9. The first-order valence-corrected chi connectivity index (χ1v) is 39.3. The number of rotatable bonds is 18. The molecule has 8 heterocycles. The first-order valence-electron chi connectivity index (χ1n) is 39.3. The van der Waals surface area contributed by atoms with E-state index in [1.165, 1.54) is 55.6 Å². The summed E-state index contributed by atoms with van der Waals surface area (Å²) in [4.78, 5) is 136. The second kappa shape index (κ2) is 36.6. The first kappa shape index (κ1) is 87.0. The van der Waals surface area contributed by atoms with E-state index in [-0.39, 0.29) is 58.3 Å². The second-order valence-corrected chi connectivity index (χ2v) is 31.0. The van der Waals surface area contributed by atoms with Gasteiger partial charge in [-0.3, -0.25) is 33.6 Å². The van der Waals surface area contributed by atoms with E-state index in [0.29, 0.717) is 24.3 Å².